The number of benzene rings is 2. The molecule has 0 saturated carbocycles. The summed E-state index contributed by atoms with van der Waals surface area (Å²) in [5, 5.41) is 26.1. The van der Waals surface area contributed by atoms with E-state index in [-0.39, 0.29) is 44.7 Å². The summed E-state index contributed by atoms with van der Waals surface area (Å²) in [7, 11) is 0. The molecule has 18 nitrogen and oxygen atoms in total. The molecular formula is C40H56N10O8. The second-order valence-corrected chi connectivity index (χ2v) is 14.6. The number of carbonyl (C=O) groups excluding carboxylic acids is 7. The zero-order valence-electron chi connectivity index (χ0n) is 32.9. The third-order valence-electron chi connectivity index (χ3n) is 10.3. The number of hydrogen-bond acceptors (Lipinski definition) is 9. The second kappa shape index (κ2) is 22.0. The van der Waals surface area contributed by atoms with Gasteiger partial charge in [-0.15, -0.1) is 0 Å². The van der Waals surface area contributed by atoms with Gasteiger partial charge in [0.25, 0.3) is 0 Å². The van der Waals surface area contributed by atoms with Crippen LogP contribution < -0.4 is 43.4 Å². The van der Waals surface area contributed by atoms with Crippen LogP contribution in [-0.4, -0.2) is 120 Å². The molecule has 7 atom stereocenters. The van der Waals surface area contributed by atoms with E-state index >= 15 is 0 Å². The van der Waals surface area contributed by atoms with E-state index < -0.39 is 96.7 Å². The molecule has 7 amide bonds. The third-order valence-corrected chi connectivity index (χ3v) is 10.3. The Hall–Kier alpha value is -6.04. The van der Waals surface area contributed by atoms with Crippen molar-refractivity contribution in [2.45, 2.75) is 95.0 Å². The van der Waals surface area contributed by atoms with E-state index in [4.69, 9.17) is 11.5 Å². The van der Waals surface area contributed by atoms with Gasteiger partial charge in [0, 0.05) is 25.9 Å². The van der Waals surface area contributed by atoms with Gasteiger partial charge in [0.1, 0.15) is 36.3 Å². The van der Waals surface area contributed by atoms with Gasteiger partial charge in [-0.2, -0.15) is 0 Å². The summed E-state index contributed by atoms with van der Waals surface area (Å²) in [5.41, 5.74) is 12.4. The number of amides is 7. The Morgan fingerprint density at radius 3 is 1.91 bits per heavy atom. The molecule has 2 heterocycles. The molecule has 2 saturated heterocycles. The highest BCUT2D eigenvalue weighted by molar-refractivity contribution is 5.98. The maximum absolute atomic E-state index is 14.4. The first kappa shape index (κ1) is 44.7. The van der Waals surface area contributed by atoms with Crippen LogP contribution in [0.2, 0.25) is 0 Å². The summed E-state index contributed by atoms with van der Waals surface area (Å²) in [4.78, 5) is 102. The predicted molar refractivity (Wildman–Crippen MR) is 214 cm³/mol. The summed E-state index contributed by atoms with van der Waals surface area (Å²) in [6.07, 6.45) is 1.52. The van der Waals surface area contributed by atoms with Gasteiger partial charge in [-0.05, 0) is 42.7 Å². The van der Waals surface area contributed by atoms with Crippen LogP contribution in [0.5, 0.6) is 0 Å². The number of nitrogens with two attached hydrogens (primary N) is 2. The Morgan fingerprint density at radius 2 is 1.31 bits per heavy atom. The minimum atomic E-state index is -1.53. The highest BCUT2D eigenvalue weighted by Crippen LogP contribution is 2.20. The quantitative estimate of drug-likeness (QED) is 0.0692. The number of nitrogens with one attached hydrogen (secondary N) is 6. The van der Waals surface area contributed by atoms with Gasteiger partial charge < -0.3 is 53.4 Å². The molecule has 4 rings (SSSR count). The van der Waals surface area contributed by atoms with Crippen LogP contribution in [0.15, 0.2) is 65.7 Å². The van der Waals surface area contributed by atoms with Crippen LogP contribution in [0, 0.1) is 5.92 Å². The molecule has 0 radical (unpaired) electrons. The lowest BCUT2D eigenvalue weighted by atomic mass is 9.97. The predicted octanol–water partition coefficient (Wildman–Crippen LogP) is -1.89. The lowest BCUT2D eigenvalue weighted by Crippen LogP contribution is -2.61. The van der Waals surface area contributed by atoms with Crippen molar-refractivity contribution in [3.05, 3.63) is 71.8 Å². The van der Waals surface area contributed by atoms with Gasteiger partial charge in [-0.25, -0.2) is 0 Å². The lowest BCUT2D eigenvalue weighted by molar-refractivity contribution is -0.142. The average Bonchev–Trinajstić information content (AvgIpc) is 3.71. The van der Waals surface area contributed by atoms with Crippen LogP contribution in [0.1, 0.15) is 57.1 Å². The molecule has 0 aromatic heterocycles. The molecular weight excluding hydrogens is 749 g/mol. The summed E-state index contributed by atoms with van der Waals surface area (Å²) in [5.74, 6) is -5.56. The number of aliphatic hydroxyl groups excluding tert-OH is 1. The molecule has 0 bridgehead atoms. The van der Waals surface area contributed by atoms with E-state index in [1.165, 1.54) is 4.90 Å². The molecule has 314 valence electrons. The van der Waals surface area contributed by atoms with Gasteiger partial charge in [0.2, 0.25) is 41.4 Å². The Bertz CT molecular complexity index is 1770. The number of carbonyl (C=O) groups is 7. The maximum atomic E-state index is 14.4. The summed E-state index contributed by atoms with van der Waals surface area (Å²) < 4.78 is 0. The SMILES string of the molecule is CCC(C)C1NC(=O)CNC(=O)C2CCCN2C(=O)C(Cc2ccccc2)NC(=O)C(CCCN=C(N)N)NC(=O)C(Cc2ccccc2)NC(=O)C(CO)NC1=O. The standard InChI is InChI=1S/C40H56N10O8/c1-3-24(2)33-38(57)48-30(23-51)36(55)46-28(20-25-12-6-4-7-13-25)35(54)45-27(16-10-18-43-40(41)42)34(53)47-29(21-26-14-8-5-9-15-26)39(58)50-19-11-17-31(50)37(56)44-22-32(52)49-33/h4-9,12-15,24,27-31,33,51H,3,10-11,16-23H2,1-2H3,(H,44,56)(H,45,54)(H,46,55)(H,47,53)(H,48,57)(H,49,52)(H4,41,42,43). The Labute approximate surface area is 337 Å². The molecule has 11 N–H and O–H groups in total. The fraction of sp³-hybridized carbons (Fsp3) is 0.500. The molecule has 7 unspecified atom stereocenters. The average molecular weight is 805 g/mol. The van der Waals surface area contributed by atoms with E-state index in [2.05, 4.69) is 36.9 Å². The van der Waals surface area contributed by atoms with Gasteiger partial charge in [-0.3, -0.25) is 38.6 Å². The minimum Gasteiger partial charge on any atom is -0.394 e. The molecule has 0 aliphatic carbocycles. The van der Waals surface area contributed by atoms with Crippen LogP contribution in [0.25, 0.3) is 0 Å². The van der Waals surface area contributed by atoms with Crippen molar-refractivity contribution in [2.75, 3.05) is 26.2 Å². The smallest absolute Gasteiger partial charge is 0.246 e. The van der Waals surface area contributed by atoms with Crippen LogP contribution >= 0.6 is 0 Å². The van der Waals surface area contributed by atoms with Crippen molar-refractivity contribution in [2.24, 2.45) is 22.4 Å². The number of rotatable bonds is 11. The summed E-state index contributed by atoms with van der Waals surface area (Å²) in [6, 6.07) is 10.4. The van der Waals surface area contributed by atoms with Gasteiger partial charge >= 0.3 is 0 Å². The first-order chi connectivity index (χ1) is 27.8. The lowest BCUT2D eigenvalue weighted by Gasteiger charge is -2.30. The molecule has 2 aromatic carbocycles. The van der Waals surface area contributed by atoms with E-state index in [0.717, 1.165) is 5.56 Å². The van der Waals surface area contributed by atoms with E-state index in [9.17, 15) is 38.7 Å². The molecule has 58 heavy (non-hydrogen) atoms. The Morgan fingerprint density at radius 1 is 0.759 bits per heavy atom. The number of aliphatic hydroxyl groups is 1. The minimum absolute atomic E-state index is 0.0225. The molecule has 0 spiro atoms. The highest BCUT2D eigenvalue weighted by Gasteiger charge is 2.39. The van der Waals surface area contributed by atoms with Crippen molar-refractivity contribution in [1.82, 2.24) is 36.8 Å². The third kappa shape index (κ3) is 13.0. The van der Waals surface area contributed by atoms with E-state index in [1.807, 2.05) is 6.07 Å². The summed E-state index contributed by atoms with van der Waals surface area (Å²) >= 11 is 0. The summed E-state index contributed by atoms with van der Waals surface area (Å²) in [6.45, 7) is 2.50. The number of aliphatic imine (C=N–C) groups is 1. The normalized spacial score (nSPS) is 24.7. The van der Waals surface area contributed by atoms with Crippen molar-refractivity contribution in [3.8, 4) is 0 Å². The van der Waals surface area contributed by atoms with E-state index in [1.54, 1.807) is 68.4 Å². The fourth-order valence-electron chi connectivity index (χ4n) is 6.87. The zero-order chi connectivity index (χ0) is 42.2. The zero-order valence-corrected chi connectivity index (χ0v) is 32.9. The van der Waals surface area contributed by atoms with Crippen LogP contribution in [0.3, 0.4) is 0 Å². The Kier molecular flexibility index (Phi) is 17.0. The largest absolute Gasteiger partial charge is 0.394 e. The Balaban J connectivity index is 1.75. The molecule has 18 heteroatoms. The fourth-order valence-corrected chi connectivity index (χ4v) is 6.87. The van der Waals surface area contributed by atoms with Crippen LogP contribution in [-0.2, 0) is 46.4 Å². The number of hydrogen-bond donors (Lipinski definition) is 9. The number of guanidine groups is 1. The monoisotopic (exact) mass is 804 g/mol. The maximum Gasteiger partial charge on any atom is 0.246 e. The topological polar surface area (TPSA) is 280 Å². The molecule has 2 fully saturated rings. The van der Waals surface area contributed by atoms with Crippen molar-refractivity contribution in [1.29, 1.82) is 0 Å². The first-order valence-electron chi connectivity index (χ1n) is 19.6. The van der Waals surface area contributed by atoms with Crippen molar-refractivity contribution >= 4 is 47.3 Å². The molecule has 2 aliphatic heterocycles. The highest BCUT2D eigenvalue weighted by atomic mass is 16.3. The number of nitrogens with zero attached hydrogens (tertiary/aromatic N) is 2. The van der Waals surface area contributed by atoms with Crippen LogP contribution in [0.4, 0.5) is 0 Å². The number of fused-ring (bicyclic) bond motifs is 1. The first-order valence-corrected chi connectivity index (χ1v) is 19.6. The van der Waals surface area contributed by atoms with Crippen molar-refractivity contribution in [3.63, 3.8) is 0 Å². The van der Waals surface area contributed by atoms with Crippen molar-refractivity contribution < 1.29 is 38.7 Å². The molecule has 2 aliphatic rings. The molecule has 2 aromatic rings. The van der Waals surface area contributed by atoms with Gasteiger partial charge in [0.15, 0.2) is 5.96 Å². The van der Waals surface area contributed by atoms with Gasteiger partial charge in [-0.1, -0.05) is 80.9 Å². The van der Waals surface area contributed by atoms with Gasteiger partial charge in [0.05, 0.1) is 13.2 Å². The van der Waals surface area contributed by atoms with E-state index in [0.29, 0.717) is 24.8 Å². The second-order valence-electron chi connectivity index (χ2n) is 14.6.